The summed E-state index contributed by atoms with van der Waals surface area (Å²) in [5.74, 6) is 0.136. The number of ether oxygens (including phenoxy) is 1. The van der Waals surface area contributed by atoms with Crippen molar-refractivity contribution < 1.29 is 23.1 Å². The molecule has 7 heteroatoms. The van der Waals surface area contributed by atoms with E-state index in [1.54, 1.807) is 12.1 Å². The Hall–Kier alpha value is -1.02. The third-order valence-corrected chi connectivity index (χ3v) is 9.22. The van der Waals surface area contributed by atoms with Gasteiger partial charge in [-0.25, -0.2) is 0 Å². The first-order valence-corrected chi connectivity index (χ1v) is 11.5. The summed E-state index contributed by atoms with van der Waals surface area (Å²) < 4.78 is 35.1. The highest BCUT2D eigenvalue weighted by atomic mass is 28.4. The van der Waals surface area contributed by atoms with Gasteiger partial charge in [-0.1, -0.05) is 32.9 Å². The van der Waals surface area contributed by atoms with Crippen molar-refractivity contribution in [3.05, 3.63) is 29.8 Å². The van der Waals surface area contributed by atoms with E-state index < -0.39 is 14.9 Å². The molecular formula is C18H31F2NO3Si. The van der Waals surface area contributed by atoms with Gasteiger partial charge in [-0.3, -0.25) is 0 Å². The van der Waals surface area contributed by atoms with Crippen molar-refractivity contribution in [2.24, 2.45) is 0 Å². The monoisotopic (exact) mass is 375 g/mol. The third kappa shape index (κ3) is 7.39. The largest absolute Gasteiger partial charge is 0.435 e. The number of halogens is 2. The van der Waals surface area contributed by atoms with Crippen LogP contribution in [0.1, 0.15) is 38.8 Å². The van der Waals surface area contributed by atoms with Gasteiger partial charge in [-0.05, 0) is 42.2 Å². The number of rotatable bonds is 10. The molecule has 0 aliphatic rings. The molecule has 0 aliphatic heterocycles. The molecule has 144 valence electrons. The Morgan fingerprint density at radius 1 is 1.16 bits per heavy atom. The van der Waals surface area contributed by atoms with E-state index in [4.69, 9.17) is 9.53 Å². The molecule has 0 saturated heterocycles. The molecule has 0 amide bonds. The zero-order valence-corrected chi connectivity index (χ0v) is 16.8. The molecule has 4 nitrogen and oxygen atoms in total. The zero-order chi connectivity index (χ0) is 19.1. The van der Waals surface area contributed by atoms with Crippen LogP contribution in [0.25, 0.3) is 0 Å². The van der Waals surface area contributed by atoms with E-state index in [-0.39, 0.29) is 23.4 Å². The Bertz CT molecular complexity index is 504. The van der Waals surface area contributed by atoms with Crippen LogP contribution in [0.15, 0.2) is 24.3 Å². The number of alkyl halides is 2. The highest BCUT2D eigenvalue weighted by Gasteiger charge is 2.37. The highest BCUT2D eigenvalue weighted by molar-refractivity contribution is 6.74. The Morgan fingerprint density at radius 2 is 1.76 bits per heavy atom. The maximum Gasteiger partial charge on any atom is 0.387 e. The Morgan fingerprint density at radius 3 is 2.24 bits per heavy atom. The molecule has 0 aromatic heterocycles. The van der Waals surface area contributed by atoms with E-state index in [9.17, 15) is 8.78 Å². The minimum absolute atomic E-state index is 0.0162. The third-order valence-electron chi connectivity index (χ3n) is 4.69. The predicted octanol–water partition coefficient (Wildman–Crippen LogP) is 4.32. The van der Waals surface area contributed by atoms with Gasteiger partial charge in [0.15, 0.2) is 8.32 Å². The normalized spacial score (nSPS) is 14.0. The van der Waals surface area contributed by atoms with Gasteiger partial charge >= 0.3 is 6.61 Å². The molecule has 0 radical (unpaired) electrons. The van der Waals surface area contributed by atoms with Crippen molar-refractivity contribution in [3.63, 3.8) is 0 Å². The van der Waals surface area contributed by atoms with Crippen LogP contribution in [0.2, 0.25) is 18.1 Å². The average Bonchev–Trinajstić information content (AvgIpc) is 2.50. The van der Waals surface area contributed by atoms with Gasteiger partial charge in [-0.15, -0.1) is 0 Å². The Kier molecular flexibility index (Phi) is 8.47. The lowest BCUT2D eigenvalue weighted by Gasteiger charge is -2.36. The van der Waals surface area contributed by atoms with Crippen LogP contribution in [-0.4, -0.2) is 39.8 Å². The summed E-state index contributed by atoms with van der Waals surface area (Å²) in [4.78, 5) is 0. The predicted molar refractivity (Wildman–Crippen MR) is 98.7 cm³/mol. The first-order valence-electron chi connectivity index (χ1n) is 8.60. The fourth-order valence-electron chi connectivity index (χ4n) is 2.16. The number of hydrogen-bond acceptors (Lipinski definition) is 4. The summed E-state index contributed by atoms with van der Waals surface area (Å²) in [6.45, 7) is 9.28. The highest BCUT2D eigenvalue weighted by Crippen LogP contribution is 2.36. The van der Waals surface area contributed by atoms with Crippen molar-refractivity contribution in [2.45, 2.75) is 58.0 Å². The molecule has 1 rings (SSSR count). The molecule has 0 aliphatic carbocycles. The summed E-state index contributed by atoms with van der Waals surface area (Å²) >= 11 is 0. The number of benzene rings is 1. The van der Waals surface area contributed by atoms with Gasteiger partial charge in [0.25, 0.3) is 0 Å². The van der Waals surface area contributed by atoms with Crippen LogP contribution in [0.4, 0.5) is 8.78 Å². The molecule has 0 fully saturated rings. The Labute approximate surface area is 150 Å². The van der Waals surface area contributed by atoms with Crippen molar-refractivity contribution in [3.8, 4) is 5.75 Å². The summed E-state index contributed by atoms with van der Waals surface area (Å²) in [7, 11) is -1.81. The lowest BCUT2D eigenvalue weighted by atomic mass is 10.0. The molecule has 2 N–H and O–H groups in total. The Balaban J connectivity index is 2.71. The molecule has 1 atom stereocenters. The molecule has 25 heavy (non-hydrogen) atoms. The molecule has 0 bridgehead atoms. The van der Waals surface area contributed by atoms with Crippen molar-refractivity contribution >= 4 is 8.32 Å². The molecule has 1 unspecified atom stereocenters. The molecule has 0 saturated carbocycles. The summed E-state index contributed by atoms with van der Waals surface area (Å²) in [5.41, 5.74) is 0.953. The summed E-state index contributed by atoms with van der Waals surface area (Å²) in [6, 6.07) is 6.57. The van der Waals surface area contributed by atoms with E-state index in [0.717, 1.165) is 12.0 Å². The lowest BCUT2D eigenvalue weighted by Crippen LogP contribution is -2.41. The number of aliphatic hydroxyl groups excluding tert-OH is 1. The van der Waals surface area contributed by atoms with Gasteiger partial charge < -0.3 is 19.6 Å². The number of hydrogen-bond donors (Lipinski definition) is 2. The van der Waals surface area contributed by atoms with Crippen LogP contribution in [0.5, 0.6) is 5.75 Å². The second-order valence-corrected chi connectivity index (χ2v) is 12.4. The quantitative estimate of drug-likeness (QED) is 0.598. The van der Waals surface area contributed by atoms with Crippen LogP contribution in [-0.2, 0) is 4.43 Å². The second-order valence-electron chi connectivity index (χ2n) is 7.58. The van der Waals surface area contributed by atoms with Crippen LogP contribution < -0.4 is 10.1 Å². The number of aliphatic hydroxyl groups is 1. The molecule has 1 aromatic carbocycles. The lowest BCUT2D eigenvalue weighted by molar-refractivity contribution is -0.0498. The maximum absolute atomic E-state index is 12.2. The van der Waals surface area contributed by atoms with Gasteiger partial charge in [0.2, 0.25) is 0 Å². The van der Waals surface area contributed by atoms with Crippen molar-refractivity contribution in [2.75, 3.05) is 19.8 Å². The van der Waals surface area contributed by atoms with E-state index in [1.165, 1.54) is 12.1 Å². The maximum atomic E-state index is 12.2. The van der Waals surface area contributed by atoms with Gasteiger partial charge in [0.05, 0.1) is 6.61 Å². The van der Waals surface area contributed by atoms with Gasteiger partial charge in [-0.2, -0.15) is 8.78 Å². The first-order chi connectivity index (χ1) is 11.6. The van der Waals surface area contributed by atoms with Crippen LogP contribution >= 0.6 is 0 Å². The summed E-state index contributed by atoms with van der Waals surface area (Å²) in [6.07, 6.45) is 0.738. The van der Waals surface area contributed by atoms with E-state index in [0.29, 0.717) is 13.2 Å². The van der Waals surface area contributed by atoms with E-state index in [1.807, 2.05) is 0 Å². The zero-order valence-electron chi connectivity index (χ0n) is 15.8. The molecular weight excluding hydrogens is 344 g/mol. The smallest absolute Gasteiger partial charge is 0.387 e. The second kappa shape index (κ2) is 9.61. The van der Waals surface area contributed by atoms with Crippen LogP contribution in [0.3, 0.4) is 0 Å². The van der Waals surface area contributed by atoms with Gasteiger partial charge in [0.1, 0.15) is 5.75 Å². The summed E-state index contributed by atoms with van der Waals surface area (Å²) in [5, 5.41) is 12.5. The molecule has 0 spiro atoms. The number of nitrogens with one attached hydrogen (secondary N) is 1. The SMILES string of the molecule is CC(C)(C)[Si](C)(C)OCCC(NCCO)c1ccc(OC(F)F)cc1. The van der Waals surface area contributed by atoms with Crippen molar-refractivity contribution in [1.29, 1.82) is 0 Å². The average molecular weight is 376 g/mol. The standard InChI is InChI=1S/C18H31F2NO3Si/c1-18(2,3)25(4,5)23-13-10-16(21-11-12-22)14-6-8-15(9-7-14)24-17(19)20/h6-9,16-17,21-22H,10-13H2,1-5H3. The van der Waals surface area contributed by atoms with E-state index in [2.05, 4.69) is 43.9 Å². The van der Waals surface area contributed by atoms with Crippen molar-refractivity contribution in [1.82, 2.24) is 5.32 Å². The fourth-order valence-corrected chi connectivity index (χ4v) is 3.22. The minimum atomic E-state index is -2.83. The topological polar surface area (TPSA) is 50.7 Å². The fraction of sp³-hybridized carbons (Fsp3) is 0.667. The first kappa shape index (κ1) is 22.0. The molecule has 1 aromatic rings. The van der Waals surface area contributed by atoms with E-state index >= 15 is 0 Å². The molecule has 0 heterocycles. The minimum Gasteiger partial charge on any atom is -0.435 e. The van der Waals surface area contributed by atoms with Crippen LogP contribution in [0, 0.1) is 0 Å². The van der Waals surface area contributed by atoms with Gasteiger partial charge in [0, 0.05) is 19.2 Å².